The quantitative estimate of drug-likeness (QED) is 0.813. The van der Waals surface area contributed by atoms with Crippen LogP contribution in [0.2, 0.25) is 0 Å². The van der Waals surface area contributed by atoms with Crippen LogP contribution in [-0.2, 0) is 0 Å². The van der Waals surface area contributed by atoms with Crippen molar-refractivity contribution < 1.29 is 4.39 Å². The molecule has 114 valence electrons. The van der Waals surface area contributed by atoms with Crippen molar-refractivity contribution in [2.75, 3.05) is 23.8 Å². The number of fused-ring (bicyclic) bond motifs is 2. The molecule has 0 heterocycles. The third-order valence-corrected chi connectivity index (χ3v) is 5.09. The Morgan fingerprint density at radius 3 is 2.67 bits per heavy atom. The van der Waals surface area contributed by atoms with Crippen LogP contribution in [0, 0.1) is 23.6 Å². The molecule has 2 aliphatic carbocycles. The van der Waals surface area contributed by atoms with Crippen LogP contribution in [0.1, 0.15) is 26.7 Å². The van der Waals surface area contributed by atoms with Gasteiger partial charge in [-0.25, -0.2) is 4.39 Å². The third kappa shape index (κ3) is 2.92. The maximum Gasteiger partial charge on any atom is 0.148 e. The van der Waals surface area contributed by atoms with E-state index in [2.05, 4.69) is 31.3 Å². The molecule has 1 fully saturated rings. The summed E-state index contributed by atoms with van der Waals surface area (Å²) < 4.78 is 14.2. The highest BCUT2D eigenvalue weighted by Gasteiger charge is 2.35. The van der Waals surface area contributed by atoms with Gasteiger partial charge >= 0.3 is 0 Å². The summed E-state index contributed by atoms with van der Waals surface area (Å²) in [6, 6.07) is 5.77. The van der Waals surface area contributed by atoms with Gasteiger partial charge in [0.1, 0.15) is 5.82 Å². The molecule has 3 atom stereocenters. The molecule has 0 saturated heterocycles. The molecule has 0 spiro atoms. The van der Waals surface area contributed by atoms with Gasteiger partial charge in [0, 0.05) is 25.3 Å². The molecule has 0 radical (unpaired) electrons. The van der Waals surface area contributed by atoms with Gasteiger partial charge in [-0.1, -0.05) is 12.2 Å². The number of nitrogens with zero attached hydrogens (tertiary/aromatic N) is 1. The SMILES string of the molecule is CC(C)N(C)c1ccc(NCC2CC3C=CC2C3)cc1F. The summed E-state index contributed by atoms with van der Waals surface area (Å²) in [4.78, 5) is 1.96. The lowest BCUT2D eigenvalue weighted by molar-refractivity contribution is 0.472. The van der Waals surface area contributed by atoms with Gasteiger partial charge in [-0.15, -0.1) is 0 Å². The van der Waals surface area contributed by atoms with Gasteiger partial charge in [0.25, 0.3) is 0 Å². The maximum absolute atomic E-state index is 14.2. The molecular formula is C18H25FN2. The number of rotatable bonds is 5. The van der Waals surface area contributed by atoms with E-state index in [0.717, 1.165) is 24.1 Å². The number of benzene rings is 1. The van der Waals surface area contributed by atoms with Crippen molar-refractivity contribution in [1.29, 1.82) is 0 Å². The third-order valence-electron chi connectivity index (χ3n) is 5.09. The standard InChI is InChI=1S/C18H25FN2/c1-12(2)21(3)18-7-6-16(10-17(18)19)20-11-15-9-13-4-5-14(15)8-13/h4-7,10,12-15,20H,8-9,11H2,1-3H3. The van der Waals surface area contributed by atoms with Gasteiger partial charge in [0.2, 0.25) is 0 Å². The highest BCUT2D eigenvalue weighted by Crippen LogP contribution is 2.43. The summed E-state index contributed by atoms with van der Waals surface area (Å²) in [5, 5.41) is 3.42. The van der Waals surface area contributed by atoms with Gasteiger partial charge in [-0.05, 0) is 62.6 Å². The van der Waals surface area contributed by atoms with Crippen LogP contribution >= 0.6 is 0 Å². The van der Waals surface area contributed by atoms with Gasteiger partial charge < -0.3 is 10.2 Å². The molecule has 3 rings (SSSR count). The Bertz CT molecular complexity index is 538. The number of hydrogen-bond donors (Lipinski definition) is 1. The van der Waals surface area contributed by atoms with Crippen LogP contribution in [0.5, 0.6) is 0 Å². The second kappa shape index (κ2) is 5.70. The Hall–Kier alpha value is -1.51. The zero-order valence-electron chi connectivity index (χ0n) is 13.1. The molecule has 0 aromatic heterocycles. The van der Waals surface area contributed by atoms with Crippen LogP contribution in [0.15, 0.2) is 30.4 Å². The summed E-state index contributed by atoms with van der Waals surface area (Å²) in [5.74, 6) is 2.09. The summed E-state index contributed by atoms with van der Waals surface area (Å²) >= 11 is 0. The zero-order chi connectivity index (χ0) is 15.0. The lowest BCUT2D eigenvalue weighted by atomic mass is 9.93. The second-order valence-electron chi connectivity index (χ2n) is 6.79. The molecule has 0 amide bonds. The van der Waals surface area contributed by atoms with Gasteiger partial charge in [-0.3, -0.25) is 0 Å². The van der Waals surface area contributed by atoms with Crippen LogP contribution in [0.4, 0.5) is 15.8 Å². The Balaban J connectivity index is 1.62. The monoisotopic (exact) mass is 288 g/mol. The van der Waals surface area contributed by atoms with Crippen molar-refractivity contribution in [2.24, 2.45) is 17.8 Å². The van der Waals surface area contributed by atoms with Crippen LogP contribution in [0.3, 0.4) is 0 Å². The molecule has 1 aromatic carbocycles. The molecule has 1 aromatic rings. The fourth-order valence-corrected chi connectivity index (χ4v) is 3.56. The molecule has 0 aliphatic heterocycles. The molecule has 21 heavy (non-hydrogen) atoms. The van der Waals surface area contributed by atoms with E-state index in [4.69, 9.17) is 0 Å². The largest absolute Gasteiger partial charge is 0.385 e. The van der Waals surface area contributed by atoms with E-state index < -0.39 is 0 Å². The average molecular weight is 288 g/mol. The van der Waals surface area contributed by atoms with Crippen molar-refractivity contribution in [3.8, 4) is 0 Å². The van der Waals surface area contributed by atoms with E-state index in [1.54, 1.807) is 6.07 Å². The van der Waals surface area contributed by atoms with Gasteiger partial charge in [0.05, 0.1) is 5.69 Å². The van der Waals surface area contributed by atoms with Crippen LogP contribution < -0.4 is 10.2 Å². The van der Waals surface area contributed by atoms with Crippen LogP contribution in [-0.4, -0.2) is 19.6 Å². The van der Waals surface area contributed by atoms with E-state index >= 15 is 0 Å². The van der Waals surface area contributed by atoms with Gasteiger partial charge in [-0.2, -0.15) is 0 Å². The second-order valence-corrected chi connectivity index (χ2v) is 6.79. The lowest BCUT2D eigenvalue weighted by Crippen LogP contribution is -2.26. The van der Waals surface area contributed by atoms with E-state index in [0.29, 0.717) is 17.6 Å². The number of halogens is 1. The van der Waals surface area contributed by atoms with Crippen molar-refractivity contribution in [2.45, 2.75) is 32.7 Å². The first kappa shape index (κ1) is 14.4. The van der Waals surface area contributed by atoms with Crippen molar-refractivity contribution in [3.05, 3.63) is 36.2 Å². The highest BCUT2D eigenvalue weighted by atomic mass is 19.1. The molecular weight excluding hydrogens is 263 g/mol. The van der Waals surface area contributed by atoms with Crippen LogP contribution in [0.25, 0.3) is 0 Å². The minimum Gasteiger partial charge on any atom is -0.385 e. The number of nitrogens with one attached hydrogen (secondary N) is 1. The smallest absolute Gasteiger partial charge is 0.148 e. The molecule has 2 aliphatic rings. The van der Waals surface area contributed by atoms with E-state index in [1.807, 2.05) is 24.1 Å². The van der Waals surface area contributed by atoms with Crippen molar-refractivity contribution in [1.82, 2.24) is 0 Å². The van der Waals surface area contributed by atoms with Crippen molar-refractivity contribution >= 4 is 11.4 Å². The van der Waals surface area contributed by atoms with E-state index in [-0.39, 0.29) is 5.82 Å². The highest BCUT2D eigenvalue weighted by molar-refractivity contribution is 5.56. The molecule has 2 nitrogen and oxygen atoms in total. The van der Waals surface area contributed by atoms with E-state index in [9.17, 15) is 4.39 Å². The molecule has 1 N–H and O–H groups in total. The Labute approximate surface area is 127 Å². The topological polar surface area (TPSA) is 15.3 Å². The molecule has 1 saturated carbocycles. The predicted octanol–water partition coefficient (Wildman–Crippen LogP) is 4.29. The summed E-state index contributed by atoms with van der Waals surface area (Å²) in [6.45, 7) is 5.08. The summed E-state index contributed by atoms with van der Waals surface area (Å²) in [7, 11) is 1.93. The predicted molar refractivity (Wildman–Crippen MR) is 87.3 cm³/mol. The maximum atomic E-state index is 14.2. The Kier molecular flexibility index (Phi) is 3.92. The zero-order valence-corrected chi connectivity index (χ0v) is 13.1. The van der Waals surface area contributed by atoms with E-state index in [1.165, 1.54) is 12.8 Å². The number of hydrogen-bond acceptors (Lipinski definition) is 2. The fourth-order valence-electron chi connectivity index (χ4n) is 3.56. The Morgan fingerprint density at radius 1 is 1.29 bits per heavy atom. The molecule has 3 heteroatoms. The summed E-state index contributed by atoms with van der Waals surface area (Å²) in [5.41, 5.74) is 1.55. The average Bonchev–Trinajstić information content (AvgIpc) is 3.07. The Morgan fingerprint density at radius 2 is 2.10 bits per heavy atom. The minimum absolute atomic E-state index is 0.149. The first-order valence-electron chi connectivity index (χ1n) is 7.99. The first-order valence-corrected chi connectivity index (χ1v) is 7.99. The number of anilines is 2. The number of allylic oxidation sites excluding steroid dienone is 2. The molecule has 2 bridgehead atoms. The lowest BCUT2D eigenvalue weighted by Gasteiger charge is -2.25. The fraction of sp³-hybridized carbons (Fsp3) is 0.556. The minimum atomic E-state index is -0.149. The van der Waals surface area contributed by atoms with Crippen molar-refractivity contribution in [3.63, 3.8) is 0 Å². The van der Waals surface area contributed by atoms with Gasteiger partial charge in [0.15, 0.2) is 0 Å². The normalized spacial score (nSPS) is 26.6. The molecule has 3 unspecified atom stereocenters. The summed E-state index contributed by atoms with van der Waals surface area (Å²) in [6.07, 6.45) is 7.32. The first-order chi connectivity index (χ1) is 10.0.